The lowest BCUT2D eigenvalue weighted by Crippen LogP contribution is -2.78. The van der Waals surface area contributed by atoms with E-state index in [4.69, 9.17) is 13.9 Å². The Morgan fingerprint density at radius 3 is 2.70 bits per heavy atom. The Bertz CT molecular complexity index is 1750. The standard InChI is InChI=1S/C33H37N3O7S/c1-34(2)23-6-5-7-24(19-23)44(39,40)36-16-15-32-29-22-9-10-26(41-4)30(29)43-31(32)25(12-14-33(32,38)27(36)18-22)35(3)28(37)11-8-21-13-17-42-20-21/h5-11,13,17,19-20,25,27,31,38H,12,14-16,18H2,1-4H3/b11-8-/t25-,27-,31+,32+,33-/m1/s1. The molecule has 5 atom stereocenters. The van der Waals surface area contributed by atoms with Crippen molar-refractivity contribution in [3.05, 3.63) is 77.8 Å². The SMILES string of the molecule is COc1ccc2c3c1O[C@H]1[C@H](N(C)C(=O)/C=C\c4ccoc4)CC[C@@]4(O)[C@@H](C2)N(S(=O)(=O)c2cccc(N(C)C)c2)CC[C@]314. The fourth-order valence-corrected chi connectivity index (χ4v) is 9.90. The van der Waals surface area contributed by atoms with Crippen molar-refractivity contribution in [3.8, 4) is 11.5 Å². The molecule has 1 aromatic heterocycles. The van der Waals surface area contributed by atoms with E-state index in [1.807, 2.05) is 37.2 Å². The van der Waals surface area contributed by atoms with Crippen LogP contribution in [0.15, 0.2) is 70.4 Å². The smallest absolute Gasteiger partial charge is 0.246 e. The number of carbonyl (C=O) groups excluding carboxylic acids is 1. The van der Waals surface area contributed by atoms with Crippen LogP contribution in [0.3, 0.4) is 0 Å². The van der Waals surface area contributed by atoms with Gasteiger partial charge in [-0.25, -0.2) is 8.42 Å². The highest BCUT2D eigenvalue weighted by Crippen LogP contribution is 2.66. The molecule has 4 aliphatic rings. The molecular weight excluding hydrogens is 582 g/mol. The number of carbonyl (C=O) groups is 1. The lowest BCUT2D eigenvalue weighted by molar-refractivity contribution is -0.186. The van der Waals surface area contributed by atoms with Crippen LogP contribution in [0, 0.1) is 0 Å². The molecule has 1 spiro atoms. The van der Waals surface area contributed by atoms with Gasteiger partial charge in [-0.15, -0.1) is 0 Å². The Hall–Kier alpha value is -3.80. The summed E-state index contributed by atoms with van der Waals surface area (Å²) >= 11 is 0. The summed E-state index contributed by atoms with van der Waals surface area (Å²) < 4.78 is 47.7. The summed E-state index contributed by atoms with van der Waals surface area (Å²) in [5, 5.41) is 12.9. The average Bonchev–Trinajstić information content (AvgIpc) is 3.65. The van der Waals surface area contributed by atoms with E-state index in [1.165, 1.54) is 10.4 Å². The summed E-state index contributed by atoms with van der Waals surface area (Å²) in [7, 11) is 3.14. The largest absolute Gasteiger partial charge is 0.493 e. The van der Waals surface area contributed by atoms with Crippen LogP contribution in [0.4, 0.5) is 5.69 Å². The molecule has 2 aliphatic carbocycles. The van der Waals surface area contributed by atoms with Gasteiger partial charge in [-0.05, 0) is 67.7 Å². The molecule has 1 saturated heterocycles. The van der Waals surface area contributed by atoms with E-state index < -0.39 is 33.2 Å². The van der Waals surface area contributed by atoms with Crippen LogP contribution in [0.25, 0.3) is 6.08 Å². The van der Waals surface area contributed by atoms with Crippen molar-refractivity contribution in [1.82, 2.24) is 9.21 Å². The number of aliphatic hydroxyl groups is 1. The molecule has 44 heavy (non-hydrogen) atoms. The van der Waals surface area contributed by atoms with Gasteiger partial charge in [0, 0.05) is 50.6 Å². The van der Waals surface area contributed by atoms with E-state index in [0.29, 0.717) is 37.2 Å². The Morgan fingerprint density at radius 2 is 1.98 bits per heavy atom. The molecule has 0 radical (unpaired) electrons. The summed E-state index contributed by atoms with van der Waals surface area (Å²) in [6.07, 6.45) is 7.18. The van der Waals surface area contributed by atoms with Crippen molar-refractivity contribution in [2.75, 3.05) is 39.7 Å². The highest BCUT2D eigenvalue weighted by molar-refractivity contribution is 7.89. The molecule has 1 saturated carbocycles. The number of hydrogen-bond acceptors (Lipinski definition) is 8. The van der Waals surface area contributed by atoms with Crippen LogP contribution in [0.1, 0.15) is 36.0 Å². The maximum absolute atomic E-state index is 14.3. The van der Waals surface area contributed by atoms with E-state index in [2.05, 4.69) is 0 Å². The summed E-state index contributed by atoms with van der Waals surface area (Å²) in [6, 6.07) is 11.4. The van der Waals surface area contributed by atoms with Crippen LogP contribution < -0.4 is 14.4 Å². The minimum atomic E-state index is -3.95. The number of hydrogen-bond donors (Lipinski definition) is 1. The van der Waals surface area contributed by atoms with Crippen molar-refractivity contribution in [2.45, 2.75) is 59.8 Å². The second kappa shape index (κ2) is 10.1. The minimum Gasteiger partial charge on any atom is -0.493 e. The first kappa shape index (κ1) is 28.9. The highest BCUT2D eigenvalue weighted by Gasteiger charge is 2.74. The third kappa shape index (κ3) is 3.92. The molecule has 2 fully saturated rings. The first-order chi connectivity index (χ1) is 21.0. The number of rotatable bonds is 7. The van der Waals surface area contributed by atoms with Gasteiger partial charge in [-0.2, -0.15) is 4.31 Å². The van der Waals surface area contributed by atoms with Gasteiger partial charge in [-0.3, -0.25) is 4.79 Å². The molecule has 3 aromatic rings. The van der Waals surface area contributed by atoms with Gasteiger partial charge in [0.2, 0.25) is 15.9 Å². The predicted octanol–water partition coefficient (Wildman–Crippen LogP) is 3.44. The minimum absolute atomic E-state index is 0.196. The zero-order valence-corrected chi connectivity index (χ0v) is 26.1. The Labute approximate surface area is 257 Å². The summed E-state index contributed by atoms with van der Waals surface area (Å²) in [5.74, 6) is 0.956. The van der Waals surface area contributed by atoms with Gasteiger partial charge in [0.15, 0.2) is 11.5 Å². The van der Waals surface area contributed by atoms with E-state index in [-0.39, 0.29) is 23.4 Å². The summed E-state index contributed by atoms with van der Waals surface area (Å²) in [6.45, 7) is 0.211. The number of nitrogens with zero attached hydrogens (tertiary/aromatic N) is 3. The number of piperidine rings is 1. The summed E-state index contributed by atoms with van der Waals surface area (Å²) in [4.78, 5) is 17.2. The first-order valence-corrected chi connectivity index (χ1v) is 16.3. The van der Waals surface area contributed by atoms with E-state index >= 15 is 0 Å². The molecule has 1 amide bonds. The molecule has 3 heterocycles. The normalized spacial score (nSPS) is 28.8. The summed E-state index contributed by atoms with van der Waals surface area (Å²) in [5.41, 5.74) is 1.06. The zero-order chi connectivity index (χ0) is 31.0. The molecule has 10 nitrogen and oxygen atoms in total. The van der Waals surface area contributed by atoms with E-state index in [0.717, 1.165) is 22.4 Å². The van der Waals surface area contributed by atoms with Crippen molar-refractivity contribution >= 4 is 27.7 Å². The van der Waals surface area contributed by atoms with Crippen LogP contribution in [-0.4, -0.2) is 87.2 Å². The van der Waals surface area contributed by atoms with E-state index in [1.54, 1.807) is 61.9 Å². The first-order valence-electron chi connectivity index (χ1n) is 14.9. The number of benzene rings is 2. The van der Waals surface area contributed by atoms with E-state index in [9.17, 15) is 18.3 Å². The molecular formula is C33H37N3O7S. The molecule has 11 heteroatoms. The van der Waals surface area contributed by atoms with Gasteiger partial charge in [0.1, 0.15) is 6.10 Å². The van der Waals surface area contributed by atoms with Crippen molar-refractivity contribution in [1.29, 1.82) is 0 Å². The second-order valence-electron chi connectivity index (χ2n) is 12.5. The van der Waals surface area contributed by atoms with Gasteiger partial charge < -0.3 is 28.8 Å². The third-order valence-electron chi connectivity index (χ3n) is 10.3. The zero-order valence-electron chi connectivity index (χ0n) is 25.3. The number of sulfonamides is 1. The maximum atomic E-state index is 14.3. The van der Waals surface area contributed by atoms with Crippen molar-refractivity contribution < 1.29 is 32.2 Å². The average molecular weight is 620 g/mol. The van der Waals surface area contributed by atoms with Crippen LogP contribution in [-0.2, 0) is 26.7 Å². The molecule has 0 unspecified atom stereocenters. The number of methoxy groups -OCH3 is 1. The van der Waals surface area contributed by atoms with Gasteiger partial charge in [0.25, 0.3) is 0 Å². The maximum Gasteiger partial charge on any atom is 0.246 e. The van der Waals surface area contributed by atoms with Gasteiger partial charge >= 0.3 is 0 Å². The quantitative estimate of drug-likeness (QED) is 0.401. The molecule has 1 N–H and O–H groups in total. The van der Waals surface area contributed by atoms with Crippen molar-refractivity contribution in [2.24, 2.45) is 0 Å². The van der Waals surface area contributed by atoms with Crippen molar-refractivity contribution in [3.63, 3.8) is 0 Å². The van der Waals surface area contributed by atoms with Crippen LogP contribution >= 0.6 is 0 Å². The third-order valence-corrected chi connectivity index (χ3v) is 12.2. The second-order valence-corrected chi connectivity index (χ2v) is 14.4. The van der Waals surface area contributed by atoms with Gasteiger partial charge in [-0.1, -0.05) is 12.1 Å². The fourth-order valence-electron chi connectivity index (χ4n) is 8.19. The molecule has 7 rings (SSSR count). The Morgan fingerprint density at radius 1 is 1.16 bits per heavy atom. The molecule has 2 bridgehead atoms. The van der Waals surface area contributed by atoms with Crippen LogP contribution in [0.5, 0.6) is 11.5 Å². The lowest BCUT2D eigenvalue weighted by atomic mass is 9.48. The number of ether oxygens (including phenoxy) is 2. The van der Waals surface area contributed by atoms with Gasteiger partial charge in [0.05, 0.1) is 47.6 Å². The number of amides is 1. The van der Waals surface area contributed by atoms with Crippen LogP contribution in [0.2, 0.25) is 0 Å². The molecule has 2 aliphatic heterocycles. The predicted molar refractivity (Wildman–Crippen MR) is 164 cm³/mol. The monoisotopic (exact) mass is 619 g/mol. The Balaban J connectivity index is 1.31. The number of furan rings is 1. The fraction of sp³-hybridized carbons (Fsp3) is 0.424. The highest BCUT2D eigenvalue weighted by atomic mass is 32.2. The topological polar surface area (TPSA) is 113 Å². The number of likely N-dealkylation sites (N-methyl/N-ethyl adjacent to an activating group) is 1. The Kier molecular flexibility index (Phi) is 6.65. The molecule has 232 valence electrons. The number of anilines is 1. The lowest BCUT2D eigenvalue weighted by Gasteiger charge is -2.64. The molecule has 2 aromatic carbocycles.